The minimum absolute atomic E-state index is 0.405. The molecule has 19 heavy (non-hydrogen) atoms. The standard InChI is InChI=1S/C14H15ClN2O2/c15-12-3-1-2-10-11(8-16-13(10)12)9-4-6-17(7-5-9)14(18)19/h1-3,8-9,16H,4-7H2,(H,18,19). The van der Waals surface area contributed by atoms with Crippen LogP contribution in [-0.2, 0) is 0 Å². The molecule has 0 unspecified atom stereocenters. The second kappa shape index (κ2) is 4.78. The number of benzene rings is 1. The van der Waals surface area contributed by atoms with Crippen molar-refractivity contribution in [2.24, 2.45) is 0 Å². The molecule has 2 N–H and O–H groups in total. The summed E-state index contributed by atoms with van der Waals surface area (Å²) >= 11 is 6.16. The molecule has 1 fully saturated rings. The Morgan fingerprint density at radius 2 is 2.11 bits per heavy atom. The average molecular weight is 279 g/mol. The number of amides is 1. The highest BCUT2D eigenvalue weighted by Gasteiger charge is 2.25. The van der Waals surface area contributed by atoms with Gasteiger partial charge in [0.2, 0.25) is 0 Å². The van der Waals surface area contributed by atoms with Gasteiger partial charge in [0.1, 0.15) is 0 Å². The van der Waals surface area contributed by atoms with Gasteiger partial charge in [-0.2, -0.15) is 0 Å². The van der Waals surface area contributed by atoms with E-state index in [2.05, 4.69) is 11.1 Å². The number of piperidine rings is 1. The van der Waals surface area contributed by atoms with Crippen LogP contribution in [0.25, 0.3) is 10.9 Å². The zero-order valence-corrected chi connectivity index (χ0v) is 11.2. The predicted molar refractivity (Wildman–Crippen MR) is 74.9 cm³/mol. The zero-order chi connectivity index (χ0) is 13.4. The molecule has 1 saturated heterocycles. The Bertz CT molecular complexity index is 615. The van der Waals surface area contributed by atoms with E-state index in [0.717, 1.165) is 28.8 Å². The van der Waals surface area contributed by atoms with Crippen molar-refractivity contribution in [2.45, 2.75) is 18.8 Å². The van der Waals surface area contributed by atoms with E-state index in [4.69, 9.17) is 16.7 Å². The third-order valence-electron chi connectivity index (χ3n) is 3.90. The minimum atomic E-state index is -0.819. The molecule has 3 rings (SSSR count). The molecule has 0 aliphatic carbocycles. The van der Waals surface area contributed by atoms with Crippen LogP contribution in [0.4, 0.5) is 4.79 Å². The first-order valence-electron chi connectivity index (χ1n) is 6.40. The molecular formula is C14H15ClN2O2. The summed E-state index contributed by atoms with van der Waals surface area (Å²) in [5.41, 5.74) is 2.22. The molecule has 0 atom stereocenters. The van der Waals surface area contributed by atoms with Crippen LogP contribution in [0.15, 0.2) is 24.4 Å². The maximum atomic E-state index is 10.9. The number of rotatable bonds is 1. The predicted octanol–water partition coefficient (Wildman–Crippen LogP) is 3.68. The molecule has 100 valence electrons. The number of hydrogen-bond donors (Lipinski definition) is 2. The first-order chi connectivity index (χ1) is 9.16. The van der Waals surface area contributed by atoms with Gasteiger partial charge in [0.05, 0.1) is 10.5 Å². The Labute approximate surface area is 116 Å². The summed E-state index contributed by atoms with van der Waals surface area (Å²) in [6.07, 6.45) is 2.93. The fraction of sp³-hybridized carbons (Fsp3) is 0.357. The third kappa shape index (κ3) is 2.16. The summed E-state index contributed by atoms with van der Waals surface area (Å²) in [6, 6.07) is 5.89. The van der Waals surface area contributed by atoms with Crippen molar-refractivity contribution < 1.29 is 9.90 Å². The van der Waals surface area contributed by atoms with Gasteiger partial charge in [-0.25, -0.2) is 4.79 Å². The van der Waals surface area contributed by atoms with Crippen molar-refractivity contribution in [1.29, 1.82) is 0 Å². The lowest BCUT2D eigenvalue weighted by Gasteiger charge is -2.29. The Morgan fingerprint density at radius 1 is 1.37 bits per heavy atom. The van der Waals surface area contributed by atoms with Gasteiger partial charge in [0.15, 0.2) is 0 Å². The normalized spacial score (nSPS) is 17.0. The van der Waals surface area contributed by atoms with Gasteiger partial charge in [0, 0.05) is 24.7 Å². The lowest BCUT2D eigenvalue weighted by molar-refractivity contribution is 0.132. The molecule has 0 bridgehead atoms. The minimum Gasteiger partial charge on any atom is -0.465 e. The molecule has 1 aliphatic rings. The highest BCUT2D eigenvalue weighted by Crippen LogP contribution is 2.35. The van der Waals surface area contributed by atoms with Gasteiger partial charge in [-0.15, -0.1) is 0 Å². The molecule has 2 heterocycles. The maximum absolute atomic E-state index is 10.9. The largest absolute Gasteiger partial charge is 0.465 e. The topological polar surface area (TPSA) is 56.3 Å². The van der Waals surface area contributed by atoms with Gasteiger partial charge >= 0.3 is 6.09 Å². The number of nitrogens with one attached hydrogen (secondary N) is 1. The molecule has 1 aromatic carbocycles. The number of aromatic nitrogens is 1. The van der Waals surface area contributed by atoms with E-state index in [-0.39, 0.29) is 0 Å². The lowest BCUT2D eigenvalue weighted by atomic mass is 9.89. The van der Waals surface area contributed by atoms with Crippen molar-refractivity contribution in [1.82, 2.24) is 9.88 Å². The summed E-state index contributed by atoms with van der Waals surface area (Å²) in [5.74, 6) is 0.405. The number of carbonyl (C=O) groups is 1. The molecule has 1 aliphatic heterocycles. The number of nitrogens with zero attached hydrogens (tertiary/aromatic N) is 1. The highest BCUT2D eigenvalue weighted by molar-refractivity contribution is 6.35. The molecule has 5 heteroatoms. The molecule has 0 spiro atoms. The van der Waals surface area contributed by atoms with Crippen LogP contribution < -0.4 is 0 Å². The number of H-pyrrole nitrogens is 1. The number of hydrogen-bond acceptors (Lipinski definition) is 1. The van der Waals surface area contributed by atoms with Gasteiger partial charge in [-0.3, -0.25) is 0 Å². The number of likely N-dealkylation sites (tertiary alicyclic amines) is 1. The van der Waals surface area contributed by atoms with Crippen molar-refractivity contribution in [2.75, 3.05) is 13.1 Å². The summed E-state index contributed by atoms with van der Waals surface area (Å²) in [5, 5.41) is 10.8. The van der Waals surface area contributed by atoms with Crippen LogP contribution in [-0.4, -0.2) is 34.2 Å². The van der Waals surface area contributed by atoms with Crippen LogP contribution in [0, 0.1) is 0 Å². The van der Waals surface area contributed by atoms with E-state index in [1.54, 1.807) is 0 Å². The van der Waals surface area contributed by atoms with Crippen molar-refractivity contribution in [3.63, 3.8) is 0 Å². The third-order valence-corrected chi connectivity index (χ3v) is 4.22. The second-order valence-electron chi connectivity index (χ2n) is 4.95. The maximum Gasteiger partial charge on any atom is 0.407 e. The summed E-state index contributed by atoms with van der Waals surface area (Å²) in [7, 11) is 0. The quantitative estimate of drug-likeness (QED) is 0.836. The number of fused-ring (bicyclic) bond motifs is 1. The molecule has 1 amide bonds. The van der Waals surface area contributed by atoms with Crippen LogP contribution in [0.3, 0.4) is 0 Å². The number of para-hydroxylation sites is 1. The SMILES string of the molecule is O=C(O)N1CCC(c2c[nH]c3c(Cl)cccc23)CC1. The molecular weight excluding hydrogens is 264 g/mol. The van der Waals surface area contributed by atoms with Crippen LogP contribution >= 0.6 is 11.6 Å². The second-order valence-corrected chi connectivity index (χ2v) is 5.36. The summed E-state index contributed by atoms with van der Waals surface area (Å²) < 4.78 is 0. The average Bonchev–Trinajstić information content (AvgIpc) is 2.84. The van der Waals surface area contributed by atoms with Gasteiger partial charge in [-0.05, 0) is 30.4 Å². The Balaban J connectivity index is 1.86. The Morgan fingerprint density at radius 3 is 2.79 bits per heavy atom. The molecule has 0 radical (unpaired) electrons. The zero-order valence-electron chi connectivity index (χ0n) is 10.4. The van der Waals surface area contributed by atoms with Crippen LogP contribution in [0.2, 0.25) is 5.02 Å². The highest BCUT2D eigenvalue weighted by atomic mass is 35.5. The summed E-state index contributed by atoms with van der Waals surface area (Å²) in [6.45, 7) is 1.21. The van der Waals surface area contributed by atoms with Gasteiger partial charge in [-0.1, -0.05) is 23.7 Å². The Kier molecular flexibility index (Phi) is 3.11. The van der Waals surface area contributed by atoms with Gasteiger partial charge in [0.25, 0.3) is 0 Å². The van der Waals surface area contributed by atoms with Crippen LogP contribution in [0.1, 0.15) is 24.3 Å². The van der Waals surface area contributed by atoms with E-state index < -0.39 is 6.09 Å². The smallest absolute Gasteiger partial charge is 0.407 e. The number of halogens is 1. The van der Waals surface area contributed by atoms with E-state index >= 15 is 0 Å². The molecule has 0 saturated carbocycles. The molecule has 4 nitrogen and oxygen atoms in total. The van der Waals surface area contributed by atoms with Crippen molar-refractivity contribution in [3.05, 3.63) is 35.0 Å². The Hall–Kier alpha value is -1.68. The van der Waals surface area contributed by atoms with E-state index in [9.17, 15) is 4.79 Å². The fourth-order valence-corrected chi connectivity index (χ4v) is 3.09. The van der Waals surface area contributed by atoms with Crippen molar-refractivity contribution in [3.8, 4) is 0 Å². The first kappa shape index (κ1) is 12.4. The van der Waals surface area contributed by atoms with E-state index in [1.165, 1.54) is 10.5 Å². The lowest BCUT2D eigenvalue weighted by Crippen LogP contribution is -2.36. The summed E-state index contributed by atoms with van der Waals surface area (Å²) in [4.78, 5) is 15.6. The van der Waals surface area contributed by atoms with Gasteiger partial charge < -0.3 is 15.0 Å². The molecule has 2 aromatic rings. The molecule has 1 aromatic heterocycles. The van der Waals surface area contributed by atoms with E-state index in [0.29, 0.717) is 19.0 Å². The van der Waals surface area contributed by atoms with Crippen molar-refractivity contribution >= 4 is 28.6 Å². The van der Waals surface area contributed by atoms with Crippen LogP contribution in [0.5, 0.6) is 0 Å². The first-order valence-corrected chi connectivity index (χ1v) is 6.78. The monoisotopic (exact) mass is 278 g/mol. The number of carboxylic acid groups (broad SMARTS) is 1. The van der Waals surface area contributed by atoms with E-state index in [1.807, 2.05) is 18.3 Å². The number of aromatic amines is 1. The fourth-order valence-electron chi connectivity index (χ4n) is 2.86.